The number of para-hydroxylation sites is 1. The highest BCUT2D eigenvalue weighted by molar-refractivity contribution is 6.33. The van der Waals surface area contributed by atoms with Gasteiger partial charge in [0.05, 0.1) is 10.7 Å². The molecule has 0 aliphatic rings. The molecule has 0 aliphatic heterocycles. The Morgan fingerprint density at radius 3 is 2.81 bits per heavy atom. The fraction of sp³-hybridized carbons (Fsp3) is 0.0909. The Morgan fingerprint density at radius 1 is 1.31 bits per heavy atom. The van der Waals surface area contributed by atoms with E-state index in [9.17, 15) is 0 Å². The average Bonchev–Trinajstić information content (AvgIpc) is 2.24. The van der Waals surface area contributed by atoms with Crippen LogP contribution in [0.4, 0.5) is 17.5 Å². The Kier molecular flexibility index (Phi) is 2.92. The summed E-state index contributed by atoms with van der Waals surface area (Å²) in [5.74, 6) is 0.860. The number of benzene rings is 1. The Labute approximate surface area is 98.5 Å². The highest BCUT2D eigenvalue weighted by Gasteiger charge is 2.04. The van der Waals surface area contributed by atoms with Crippen LogP contribution in [0.2, 0.25) is 5.02 Å². The molecule has 0 amide bonds. The van der Waals surface area contributed by atoms with E-state index in [1.165, 1.54) is 0 Å². The van der Waals surface area contributed by atoms with Crippen molar-refractivity contribution in [3.63, 3.8) is 0 Å². The highest BCUT2D eigenvalue weighted by atomic mass is 35.5. The summed E-state index contributed by atoms with van der Waals surface area (Å²) in [4.78, 5) is 7.87. The first-order chi connectivity index (χ1) is 7.66. The van der Waals surface area contributed by atoms with E-state index < -0.39 is 0 Å². The molecule has 2 rings (SSSR count). The quantitative estimate of drug-likeness (QED) is 0.839. The minimum absolute atomic E-state index is 0.231. The number of halogens is 1. The number of aryl methyl sites for hydroxylation is 1. The van der Waals surface area contributed by atoms with Crippen LogP contribution in [0, 0.1) is 6.92 Å². The van der Waals surface area contributed by atoms with Gasteiger partial charge in [-0.3, -0.25) is 0 Å². The van der Waals surface area contributed by atoms with Crippen molar-refractivity contribution in [2.45, 2.75) is 6.92 Å². The van der Waals surface area contributed by atoms with Crippen LogP contribution in [0.1, 0.15) is 5.56 Å². The average molecular weight is 235 g/mol. The molecular formula is C11H11ClN4. The number of hydrogen-bond acceptors (Lipinski definition) is 4. The van der Waals surface area contributed by atoms with Gasteiger partial charge < -0.3 is 11.1 Å². The summed E-state index contributed by atoms with van der Waals surface area (Å²) in [7, 11) is 0. The molecule has 0 saturated carbocycles. The highest BCUT2D eigenvalue weighted by Crippen LogP contribution is 2.27. The lowest BCUT2D eigenvalue weighted by molar-refractivity contribution is 1.18. The standard InChI is InChI=1S/C11H11ClN4/c1-7-3-2-4-8(12)10(7)15-9-5-6-14-11(13)16-9/h2-6H,1H3,(H3,13,14,15,16). The van der Waals surface area contributed by atoms with Gasteiger partial charge >= 0.3 is 0 Å². The maximum absolute atomic E-state index is 6.08. The van der Waals surface area contributed by atoms with Gasteiger partial charge in [-0.1, -0.05) is 23.7 Å². The summed E-state index contributed by atoms with van der Waals surface area (Å²) >= 11 is 6.08. The summed E-state index contributed by atoms with van der Waals surface area (Å²) in [5.41, 5.74) is 7.37. The van der Waals surface area contributed by atoms with Crippen molar-refractivity contribution in [1.29, 1.82) is 0 Å². The van der Waals surface area contributed by atoms with Crippen LogP contribution in [0.15, 0.2) is 30.5 Å². The van der Waals surface area contributed by atoms with Gasteiger partial charge in [0.25, 0.3) is 0 Å². The van der Waals surface area contributed by atoms with E-state index in [0.29, 0.717) is 10.8 Å². The van der Waals surface area contributed by atoms with Gasteiger partial charge in [-0.05, 0) is 24.6 Å². The maximum atomic E-state index is 6.08. The summed E-state index contributed by atoms with van der Waals surface area (Å²) in [6.07, 6.45) is 1.59. The molecule has 16 heavy (non-hydrogen) atoms. The van der Waals surface area contributed by atoms with Crippen molar-refractivity contribution in [2.24, 2.45) is 0 Å². The zero-order valence-electron chi connectivity index (χ0n) is 8.74. The fourth-order valence-corrected chi connectivity index (χ4v) is 1.63. The van der Waals surface area contributed by atoms with Gasteiger partial charge in [0.2, 0.25) is 5.95 Å². The molecule has 0 radical (unpaired) electrons. The van der Waals surface area contributed by atoms with Crippen LogP contribution >= 0.6 is 11.6 Å². The zero-order valence-corrected chi connectivity index (χ0v) is 9.49. The molecular weight excluding hydrogens is 224 g/mol. The van der Waals surface area contributed by atoms with Crippen molar-refractivity contribution in [3.8, 4) is 0 Å². The van der Waals surface area contributed by atoms with Gasteiger partial charge in [-0.2, -0.15) is 4.98 Å². The van der Waals surface area contributed by atoms with E-state index >= 15 is 0 Å². The second-order valence-electron chi connectivity index (χ2n) is 3.36. The number of rotatable bonds is 2. The van der Waals surface area contributed by atoms with Gasteiger partial charge in [0.1, 0.15) is 5.82 Å². The van der Waals surface area contributed by atoms with Crippen molar-refractivity contribution in [2.75, 3.05) is 11.1 Å². The smallest absolute Gasteiger partial charge is 0.221 e. The Morgan fingerprint density at radius 2 is 2.12 bits per heavy atom. The second-order valence-corrected chi connectivity index (χ2v) is 3.76. The van der Waals surface area contributed by atoms with E-state index in [-0.39, 0.29) is 5.95 Å². The molecule has 0 spiro atoms. The Balaban J connectivity index is 2.34. The predicted octanol–water partition coefficient (Wildman–Crippen LogP) is 2.76. The van der Waals surface area contributed by atoms with E-state index in [2.05, 4.69) is 15.3 Å². The number of nitrogens with zero attached hydrogens (tertiary/aromatic N) is 2. The van der Waals surface area contributed by atoms with Crippen molar-refractivity contribution >= 4 is 29.1 Å². The van der Waals surface area contributed by atoms with Crippen LogP contribution in [0.3, 0.4) is 0 Å². The molecule has 2 aromatic rings. The number of hydrogen-bond donors (Lipinski definition) is 2. The molecule has 0 fully saturated rings. The van der Waals surface area contributed by atoms with Gasteiger partial charge in [-0.25, -0.2) is 4.98 Å². The lowest BCUT2D eigenvalue weighted by Gasteiger charge is -2.10. The second kappa shape index (κ2) is 4.37. The van der Waals surface area contributed by atoms with Gasteiger partial charge in [-0.15, -0.1) is 0 Å². The number of aromatic nitrogens is 2. The zero-order chi connectivity index (χ0) is 11.5. The minimum atomic E-state index is 0.231. The summed E-state index contributed by atoms with van der Waals surface area (Å²) in [6, 6.07) is 7.43. The third-order valence-corrected chi connectivity index (χ3v) is 2.46. The monoisotopic (exact) mass is 234 g/mol. The number of nitrogens with two attached hydrogens (primary N) is 1. The molecule has 0 unspecified atom stereocenters. The first-order valence-electron chi connectivity index (χ1n) is 4.77. The van der Waals surface area contributed by atoms with E-state index in [0.717, 1.165) is 11.3 Å². The molecule has 5 heteroatoms. The number of nitrogens with one attached hydrogen (secondary N) is 1. The molecule has 3 N–H and O–H groups in total. The first-order valence-corrected chi connectivity index (χ1v) is 5.15. The first kappa shape index (κ1) is 10.7. The number of anilines is 3. The third kappa shape index (κ3) is 2.23. The van der Waals surface area contributed by atoms with Crippen molar-refractivity contribution in [3.05, 3.63) is 41.0 Å². The SMILES string of the molecule is Cc1cccc(Cl)c1Nc1ccnc(N)n1. The van der Waals surface area contributed by atoms with Crippen molar-refractivity contribution in [1.82, 2.24) is 9.97 Å². The van der Waals surface area contributed by atoms with E-state index in [4.69, 9.17) is 17.3 Å². The summed E-state index contributed by atoms with van der Waals surface area (Å²) in [5, 5.41) is 3.77. The molecule has 1 aromatic carbocycles. The molecule has 1 aromatic heterocycles. The minimum Gasteiger partial charge on any atom is -0.368 e. The van der Waals surface area contributed by atoms with Gasteiger partial charge in [0, 0.05) is 6.20 Å². The van der Waals surface area contributed by atoms with Crippen LogP contribution in [-0.2, 0) is 0 Å². The lowest BCUT2D eigenvalue weighted by Crippen LogP contribution is -2.00. The molecule has 4 nitrogen and oxygen atoms in total. The molecule has 82 valence electrons. The van der Waals surface area contributed by atoms with Crippen LogP contribution in [-0.4, -0.2) is 9.97 Å². The van der Waals surface area contributed by atoms with Crippen LogP contribution in [0.25, 0.3) is 0 Å². The summed E-state index contributed by atoms with van der Waals surface area (Å²) in [6.45, 7) is 1.97. The topological polar surface area (TPSA) is 63.8 Å². The normalized spacial score (nSPS) is 10.1. The lowest BCUT2D eigenvalue weighted by atomic mass is 10.2. The van der Waals surface area contributed by atoms with Crippen LogP contribution < -0.4 is 11.1 Å². The van der Waals surface area contributed by atoms with E-state index in [1.54, 1.807) is 12.3 Å². The molecule has 1 heterocycles. The fourth-order valence-electron chi connectivity index (χ4n) is 1.36. The molecule has 0 atom stereocenters. The largest absolute Gasteiger partial charge is 0.368 e. The van der Waals surface area contributed by atoms with Gasteiger partial charge in [0.15, 0.2) is 0 Å². The number of nitrogen functional groups attached to an aromatic ring is 1. The molecule has 0 aliphatic carbocycles. The van der Waals surface area contributed by atoms with E-state index in [1.807, 2.05) is 25.1 Å². The maximum Gasteiger partial charge on any atom is 0.221 e. The Hall–Kier alpha value is -1.81. The summed E-state index contributed by atoms with van der Waals surface area (Å²) < 4.78 is 0. The molecule has 0 saturated heterocycles. The van der Waals surface area contributed by atoms with Crippen molar-refractivity contribution < 1.29 is 0 Å². The third-order valence-electron chi connectivity index (χ3n) is 2.15. The predicted molar refractivity (Wildman–Crippen MR) is 65.9 cm³/mol. The van der Waals surface area contributed by atoms with Crippen LogP contribution in [0.5, 0.6) is 0 Å². The Bertz CT molecular complexity index is 493. The molecule has 0 bridgehead atoms.